The third kappa shape index (κ3) is 5.16. The molecule has 1 aliphatic heterocycles. The summed E-state index contributed by atoms with van der Waals surface area (Å²) in [4.78, 5) is 24.3. The minimum Gasteiger partial charge on any atom is -0.376 e. The minimum atomic E-state index is -0.135. The molecule has 1 aliphatic rings. The molecule has 6 heteroatoms. The van der Waals surface area contributed by atoms with Crippen LogP contribution < -0.4 is 10.6 Å². The lowest BCUT2D eigenvalue weighted by atomic mass is 10.1. The highest BCUT2D eigenvalue weighted by molar-refractivity contribution is 9.10. The molecule has 5 nitrogen and oxygen atoms in total. The van der Waals surface area contributed by atoms with Crippen LogP contribution in [0.3, 0.4) is 0 Å². The van der Waals surface area contributed by atoms with Crippen molar-refractivity contribution in [3.8, 4) is 0 Å². The van der Waals surface area contributed by atoms with Crippen molar-refractivity contribution in [2.75, 3.05) is 13.2 Å². The molecule has 3 rings (SSSR count). The zero-order chi connectivity index (χ0) is 18.4. The Morgan fingerprint density at radius 3 is 2.50 bits per heavy atom. The van der Waals surface area contributed by atoms with Crippen LogP contribution >= 0.6 is 15.9 Å². The maximum absolute atomic E-state index is 12.2. The normalized spacial score (nSPS) is 16.3. The quantitative estimate of drug-likeness (QED) is 0.758. The van der Waals surface area contributed by atoms with E-state index < -0.39 is 0 Å². The van der Waals surface area contributed by atoms with E-state index in [1.165, 1.54) is 0 Å². The van der Waals surface area contributed by atoms with Crippen LogP contribution in [0.2, 0.25) is 0 Å². The van der Waals surface area contributed by atoms with Crippen molar-refractivity contribution in [1.29, 1.82) is 0 Å². The molecule has 1 unspecified atom stereocenters. The molecule has 0 aromatic heterocycles. The van der Waals surface area contributed by atoms with Crippen LogP contribution in [0.15, 0.2) is 53.0 Å². The number of rotatable bonds is 6. The second kappa shape index (κ2) is 8.96. The number of ether oxygens (including phenoxy) is 1. The zero-order valence-electron chi connectivity index (χ0n) is 14.3. The maximum Gasteiger partial charge on any atom is 0.251 e. The first-order valence-electron chi connectivity index (χ1n) is 8.64. The predicted molar refractivity (Wildman–Crippen MR) is 103 cm³/mol. The molecule has 0 saturated carbocycles. The van der Waals surface area contributed by atoms with E-state index in [-0.39, 0.29) is 17.9 Å². The van der Waals surface area contributed by atoms with Gasteiger partial charge in [-0.15, -0.1) is 0 Å². The van der Waals surface area contributed by atoms with Gasteiger partial charge in [0.05, 0.1) is 6.10 Å². The van der Waals surface area contributed by atoms with Gasteiger partial charge in [-0.3, -0.25) is 9.59 Å². The Morgan fingerprint density at radius 1 is 1.04 bits per heavy atom. The summed E-state index contributed by atoms with van der Waals surface area (Å²) < 4.78 is 6.36. The summed E-state index contributed by atoms with van der Waals surface area (Å²) in [5.74, 6) is -0.241. The highest BCUT2D eigenvalue weighted by atomic mass is 79.9. The Balaban J connectivity index is 1.49. The summed E-state index contributed by atoms with van der Waals surface area (Å²) in [6.07, 6.45) is 2.18. The van der Waals surface area contributed by atoms with E-state index in [2.05, 4.69) is 26.6 Å². The first-order valence-corrected chi connectivity index (χ1v) is 9.43. The van der Waals surface area contributed by atoms with Gasteiger partial charge in [0.1, 0.15) is 0 Å². The Kier molecular flexibility index (Phi) is 6.41. The number of amides is 2. The average molecular weight is 417 g/mol. The van der Waals surface area contributed by atoms with Gasteiger partial charge in [-0.2, -0.15) is 0 Å². The molecule has 1 fully saturated rings. The van der Waals surface area contributed by atoms with Crippen LogP contribution in [0.4, 0.5) is 0 Å². The van der Waals surface area contributed by atoms with E-state index in [4.69, 9.17) is 4.74 Å². The molecule has 2 aromatic carbocycles. The van der Waals surface area contributed by atoms with Gasteiger partial charge in [0, 0.05) is 35.3 Å². The number of benzene rings is 2. The molecule has 1 saturated heterocycles. The van der Waals surface area contributed by atoms with Crippen LogP contribution in [-0.4, -0.2) is 31.1 Å². The molecule has 0 bridgehead atoms. The van der Waals surface area contributed by atoms with Crippen LogP contribution in [0.5, 0.6) is 0 Å². The van der Waals surface area contributed by atoms with Gasteiger partial charge < -0.3 is 15.4 Å². The highest BCUT2D eigenvalue weighted by Crippen LogP contribution is 2.13. The summed E-state index contributed by atoms with van der Waals surface area (Å²) in [6, 6.07) is 14.5. The number of halogens is 1. The van der Waals surface area contributed by atoms with E-state index >= 15 is 0 Å². The SMILES string of the molecule is O=C(NCc1ccc(C(=O)NCC2CCCO2)cc1)c1cccc(Br)c1. The highest BCUT2D eigenvalue weighted by Gasteiger charge is 2.16. The van der Waals surface area contributed by atoms with E-state index in [1.54, 1.807) is 24.3 Å². The van der Waals surface area contributed by atoms with Crippen molar-refractivity contribution in [2.24, 2.45) is 0 Å². The number of hydrogen-bond acceptors (Lipinski definition) is 3. The molecule has 2 aromatic rings. The minimum absolute atomic E-state index is 0.106. The first kappa shape index (κ1) is 18.6. The fraction of sp³-hybridized carbons (Fsp3) is 0.300. The maximum atomic E-state index is 12.2. The molecule has 1 heterocycles. The van der Waals surface area contributed by atoms with Crippen LogP contribution in [0.25, 0.3) is 0 Å². The van der Waals surface area contributed by atoms with E-state index in [0.29, 0.717) is 24.2 Å². The lowest BCUT2D eigenvalue weighted by molar-refractivity contribution is 0.0857. The fourth-order valence-corrected chi connectivity index (χ4v) is 3.20. The van der Waals surface area contributed by atoms with Crippen molar-refractivity contribution in [3.05, 3.63) is 69.7 Å². The van der Waals surface area contributed by atoms with Gasteiger partial charge in [0.15, 0.2) is 0 Å². The van der Waals surface area contributed by atoms with Crippen molar-refractivity contribution in [2.45, 2.75) is 25.5 Å². The molecule has 0 spiro atoms. The van der Waals surface area contributed by atoms with Crippen molar-refractivity contribution >= 4 is 27.7 Å². The molecule has 2 amide bonds. The van der Waals surface area contributed by atoms with Crippen LogP contribution in [0.1, 0.15) is 39.1 Å². The smallest absolute Gasteiger partial charge is 0.251 e. The molecule has 2 N–H and O–H groups in total. The van der Waals surface area contributed by atoms with Crippen molar-refractivity contribution in [1.82, 2.24) is 10.6 Å². The third-order valence-corrected chi connectivity index (χ3v) is 4.76. The van der Waals surface area contributed by atoms with Gasteiger partial charge >= 0.3 is 0 Å². The molecule has 0 aliphatic carbocycles. The largest absolute Gasteiger partial charge is 0.376 e. The summed E-state index contributed by atoms with van der Waals surface area (Å²) in [7, 11) is 0. The molecule has 0 radical (unpaired) electrons. The molecule has 136 valence electrons. The molecular weight excluding hydrogens is 396 g/mol. The second-order valence-electron chi connectivity index (χ2n) is 6.24. The standard InChI is InChI=1S/C20H21BrN2O3/c21-17-4-1-3-16(11-17)20(25)22-12-14-6-8-15(9-7-14)19(24)23-13-18-5-2-10-26-18/h1,3-4,6-9,11,18H,2,5,10,12-13H2,(H,22,25)(H,23,24). The van der Waals surface area contributed by atoms with Gasteiger partial charge in [-0.25, -0.2) is 0 Å². The lowest BCUT2D eigenvalue weighted by Gasteiger charge is -2.11. The molecule has 26 heavy (non-hydrogen) atoms. The summed E-state index contributed by atoms with van der Waals surface area (Å²) in [5, 5.41) is 5.78. The number of nitrogens with one attached hydrogen (secondary N) is 2. The van der Waals surface area contributed by atoms with Crippen LogP contribution in [-0.2, 0) is 11.3 Å². The van der Waals surface area contributed by atoms with Crippen LogP contribution in [0, 0.1) is 0 Å². The summed E-state index contributed by atoms with van der Waals surface area (Å²) in [5.41, 5.74) is 2.14. The topological polar surface area (TPSA) is 67.4 Å². The van der Waals surface area contributed by atoms with Gasteiger partial charge in [-0.05, 0) is 48.7 Å². The average Bonchev–Trinajstić information content (AvgIpc) is 3.18. The number of hydrogen-bond donors (Lipinski definition) is 2. The van der Waals surface area contributed by atoms with E-state index in [0.717, 1.165) is 29.5 Å². The summed E-state index contributed by atoms with van der Waals surface area (Å²) in [6.45, 7) is 1.73. The van der Waals surface area contributed by atoms with E-state index in [1.807, 2.05) is 24.3 Å². The molecule has 1 atom stereocenters. The number of carbonyl (C=O) groups is 2. The zero-order valence-corrected chi connectivity index (χ0v) is 15.9. The van der Waals surface area contributed by atoms with Gasteiger partial charge in [-0.1, -0.05) is 34.1 Å². The third-order valence-electron chi connectivity index (χ3n) is 4.27. The predicted octanol–water partition coefficient (Wildman–Crippen LogP) is 3.29. The number of carbonyl (C=O) groups excluding carboxylic acids is 2. The van der Waals surface area contributed by atoms with Crippen molar-refractivity contribution in [3.63, 3.8) is 0 Å². The Hall–Kier alpha value is -2.18. The Morgan fingerprint density at radius 2 is 1.81 bits per heavy atom. The summed E-state index contributed by atoms with van der Waals surface area (Å²) >= 11 is 3.36. The van der Waals surface area contributed by atoms with Crippen molar-refractivity contribution < 1.29 is 14.3 Å². The second-order valence-corrected chi connectivity index (χ2v) is 7.15. The fourth-order valence-electron chi connectivity index (χ4n) is 2.80. The van der Waals surface area contributed by atoms with E-state index in [9.17, 15) is 9.59 Å². The Labute approximate surface area is 161 Å². The van der Waals surface area contributed by atoms with Gasteiger partial charge in [0.2, 0.25) is 0 Å². The Bertz CT molecular complexity index is 771. The molecular formula is C20H21BrN2O3. The van der Waals surface area contributed by atoms with Gasteiger partial charge in [0.25, 0.3) is 11.8 Å². The lowest BCUT2D eigenvalue weighted by Crippen LogP contribution is -2.31. The monoisotopic (exact) mass is 416 g/mol. The first-order chi connectivity index (χ1) is 12.6.